The van der Waals surface area contributed by atoms with Crippen molar-refractivity contribution in [3.8, 4) is 11.8 Å². The maximum absolute atomic E-state index is 14.2. The Kier molecular flexibility index (Phi) is 6.70. The van der Waals surface area contributed by atoms with Crippen LogP contribution >= 0.6 is 0 Å². The molecule has 0 unspecified atom stereocenters. The number of amides is 3. The molecule has 6 rings (SSSR count). The van der Waals surface area contributed by atoms with Gasteiger partial charge in [-0.3, -0.25) is 14.4 Å². The minimum atomic E-state index is -0.972. The highest BCUT2D eigenvalue weighted by Gasteiger charge is 2.56. The number of rotatable bonds is 6. The molecule has 1 saturated heterocycles. The van der Waals surface area contributed by atoms with Gasteiger partial charge in [-0.15, -0.1) is 0 Å². The summed E-state index contributed by atoms with van der Waals surface area (Å²) in [5.74, 6) is 0.0616. The quantitative estimate of drug-likeness (QED) is 0.431. The number of likely N-dealkylation sites (tertiary alicyclic amines) is 1. The molecular weight excluding hydrogens is 506 g/mol. The first kappa shape index (κ1) is 25.9. The zero-order valence-corrected chi connectivity index (χ0v) is 22.5. The van der Waals surface area contributed by atoms with Gasteiger partial charge in [-0.25, -0.2) is 0 Å². The van der Waals surface area contributed by atoms with E-state index >= 15 is 0 Å². The number of hydrogen-bond acceptors (Lipinski definition) is 5. The molecule has 3 aliphatic rings. The van der Waals surface area contributed by atoms with Gasteiger partial charge in [-0.2, -0.15) is 5.26 Å². The first-order valence-corrected chi connectivity index (χ1v) is 14.0. The summed E-state index contributed by atoms with van der Waals surface area (Å²) in [6.45, 7) is 0.105. The number of H-pyrrole nitrogens is 1. The van der Waals surface area contributed by atoms with Crippen LogP contribution in [0.3, 0.4) is 0 Å². The molecule has 40 heavy (non-hydrogen) atoms. The van der Waals surface area contributed by atoms with Crippen LogP contribution in [0.15, 0.2) is 48.5 Å². The van der Waals surface area contributed by atoms with Gasteiger partial charge in [-0.1, -0.05) is 56.4 Å². The molecule has 1 spiro atoms. The Morgan fingerprint density at radius 1 is 1.18 bits per heavy atom. The minimum absolute atomic E-state index is 0.105. The summed E-state index contributed by atoms with van der Waals surface area (Å²) in [6, 6.07) is 15.4. The van der Waals surface area contributed by atoms with Crippen LogP contribution in [0.2, 0.25) is 0 Å². The molecule has 9 nitrogen and oxygen atoms in total. The summed E-state index contributed by atoms with van der Waals surface area (Å²) >= 11 is 0. The molecule has 0 radical (unpaired) electrons. The van der Waals surface area contributed by atoms with Gasteiger partial charge >= 0.3 is 0 Å². The first-order chi connectivity index (χ1) is 19.4. The number of para-hydroxylation sites is 1. The fraction of sp³-hybridized carbons (Fsp3) is 0.419. The Morgan fingerprint density at radius 3 is 2.75 bits per heavy atom. The molecule has 1 aliphatic carbocycles. The Hall–Kier alpha value is -4.32. The molecule has 1 saturated carbocycles. The van der Waals surface area contributed by atoms with Crippen LogP contribution in [-0.4, -0.2) is 53.3 Å². The number of aromatic nitrogens is 1. The standard InChI is InChI=1S/C31H33N5O4/c1-40-27-13-7-12-23-21(27)15-25(33-23)28(37)34-26(14-19-8-3-2-4-9-19)29(38)36-18-31(16-20(36)17-32)22-10-5-6-11-24(22)35-30(31)39/h5-7,10-13,15,19-20,26,33H,2-4,8-9,14,16,18H2,1H3,(H,34,37)(H,35,39)/t20-,26+,31-/m0/s1. The van der Waals surface area contributed by atoms with E-state index in [4.69, 9.17) is 4.74 Å². The second-order valence-electron chi connectivity index (χ2n) is 11.3. The summed E-state index contributed by atoms with van der Waals surface area (Å²) in [7, 11) is 1.58. The van der Waals surface area contributed by atoms with Crippen molar-refractivity contribution in [3.05, 3.63) is 59.8 Å². The van der Waals surface area contributed by atoms with Crippen molar-refractivity contribution in [3.63, 3.8) is 0 Å². The highest BCUT2D eigenvalue weighted by molar-refractivity contribution is 6.07. The van der Waals surface area contributed by atoms with Crippen LogP contribution in [0.25, 0.3) is 10.9 Å². The zero-order chi connectivity index (χ0) is 27.9. The lowest BCUT2D eigenvalue weighted by Gasteiger charge is -2.31. The average molecular weight is 540 g/mol. The molecule has 3 N–H and O–H groups in total. The predicted molar refractivity (Wildman–Crippen MR) is 150 cm³/mol. The largest absolute Gasteiger partial charge is 0.496 e. The number of anilines is 1. The van der Waals surface area contributed by atoms with Gasteiger partial charge in [0.2, 0.25) is 11.8 Å². The van der Waals surface area contributed by atoms with Gasteiger partial charge in [0, 0.05) is 29.6 Å². The van der Waals surface area contributed by atoms with Crippen molar-refractivity contribution in [2.75, 3.05) is 19.0 Å². The van der Waals surface area contributed by atoms with Crippen LogP contribution in [0.4, 0.5) is 5.69 Å². The average Bonchev–Trinajstić information content (AvgIpc) is 3.67. The van der Waals surface area contributed by atoms with Gasteiger partial charge < -0.3 is 25.3 Å². The normalized spacial score (nSPS) is 23.1. The molecular formula is C31H33N5O4. The minimum Gasteiger partial charge on any atom is -0.496 e. The highest BCUT2D eigenvalue weighted by atomic mass is 16.5. The van der Waals surface area contributed by atoms with Crippen LogP contribution in [0.1, 0.15) is 61.0 Å². The number of benzene rings is 2. The topological polar surface area (TPSA) is 127 Å². The van der Waals surface area contributed by atoms with Gasteiger partial charge in [-0.05, 0) is 42.2 Å². The molecule has 2 aliphatic heterocycles. The highest BCUT2D eigenvalue weighted by Crippen LogP contribution is 2.46. The number of aromatic amines is 1. The fourth-order valence-electron chi connectivity index (χ4n) is 6.83. The summed E-state index contributed by atoms with van der Waals surface area (Å²) in [5, 5.41) is 16.8. The molecule has 3 amide bonds. The summed E-state index contributed by atoms with van der Waals surface area (Å²) in [5.41, 5.74) is 1.66. The lowest BCUT2D eigenvalue weighted by Crippen LogP contribution is -2.51. The number of methoxy groups -OCH3 is 1. The van der Waals surface area contributed by atoms with E-state index in [-0.39, 0.29) is 24.8 Å². The van der Waals surface area contributed by atoms with Crippen molar-refractivity contribution in [1.29, 1.82) is 5.26 Å². The summed E-state index contributed by atoms with van der Waals surface area (Å²) in [4.78, 5) is 45.6. The Bertz CT molecular complexity index is 1520. The van der Waals surface area contributed by atoms with E-state index in [0.29, 0.717) is 23.8 Å². The Labute approximate surface area is 232 Å². The number of hydrogen-bond donors (Lipinski definition) is 3. The molecule has 0 bridgehead atoms. The van der Waals surface area contributed by atoms with Crippen LogP contribution in [-0.2, 0) is 15.0 Å². The molecule has 2 aromatic carbocycles. The van der Waals surface area contributed by atoms with Crippen LogP contribution in [0, 0.1) is 17.2 Å². The van der Waals surface area contributed by atoms with Gasteiger partial charge in [0.15, 0.2) is 0 Å². The van der Waals surface area contributed by atoms with Gasteiger partial charge in [0.05, 0.1) is 18.6 Å². The number of ether oxygens (including phenoxy) is 1. The monoisotopic (exact) mass is 539 g/mol. The third kappa shape index (κ3) is 4.37. The third-order valence-electron chi connectivity index (χ3n) is 8.90. The van der Waals surface area contributed by atoms with Crippen LogP contribution < -0.4 is 15.4 Å². The third-order valence-corrected chi connectivity index (χ3v) is 8.90. The van der Waals surface area contributed by atoms with Crippen molar-refractivity contribution in [2.45, 2.75) is 62.4 Å². The van der Waals surface area contributed by atoms with Gasteiger partial charge in [0.25, 0.3) is 5.91 Å². The lowest BCUT2D eigenvalue weighted by atomic mass is 9.80. The van der Waals surface area contributed by atoms with Crippen molar-refractivity contribution in [2.24, 2.45) is 5.92 Å². The van der Waals surface area contributed by atoms with Gasteiger partial charge in [0.1, 0.15) is 23.5 Å². The van der Waals surface area contributed by atoms with E-state index in [1.807, 2.05) is 42.5 Å². The molecule has 3 atom stereocenters. The van der Waals surface area contributed by atoms with E-state index in [9.17, 15) is 19.6 Å². The SMILES string of the molecule is COc1cccc2[nH]c(C(=O)N[C@H](CC3CCCCC3)C(=O)N3C[C@]4(C[C@H]3C#N)C(=O)Nc3ccccc34)cc12. The predicted octanol–water partition coefficient (Wildman–Crippen LogP) is 4.26. The second-order valence-corrected chi connectivity index (χ2v) is 11.3. The first-order valence-electron chi connectivity index (χ1n) is 14.0. The number of carbonyl (C=O) groups excluding carboxylic acids is 3. The molecule has 1 aromatic heterocycles. The number of nitrogens with zero attached hydrogens (tertiary/aromatic N) is 2. The second kappa shape index (κ2) is 10.3. The van der Waals surface area contributed by atoms with Crippen molar-refractivity contribution in [1.82, 2.24) is 15.2 Å². The number of carbonyl (C=O) groups is 3. The number of nitrogens with one attached hydrogen (secondary N) is 3. The Balaban J connectivity index is 1.29. The van der Waals surface area contributed by atoms with E-state index in [1.54, 1.807) is 13.2 Å². The zero-order valence-electron chi connectivity index (χ0n) is 22.5. The van der Waals surface area contributed by atoms with Crippen molar-refractivity contribution < 1.29 is 19.1 Å². The maximum Gasteiger partial charge on any atom is 0.268 e. The van der Waals surface area contributed by atoms with E-state index in [0.717, 1.165) is 47.8 Å². The Morgan fingerprint density at radius 2 is 1.98 bits per heavy atom. The maximum atomic E-state index is 14.2. The van der Waals surface area contributed by atoms with Crippen LogP contribution in [0.5, 0.6) is 5.75 Å². The summed E-state index contributed by atoms with van der Waals surface area (Å²) < 4.78 is 5.44. The summed E-state index contributed by atoms with van der Waals surface area (Å²) in [6.07, 6.45) is 6.12. The van der Waals surface area contributed by atoms with E-state index in [2.05, 4.69) is 21.7 Å². The van der Waals surface area contributed by atoms with E-state index in [1.165, 1.54) is 11.3 Å². The molecule has 3 aromatic rings. The number of fused-ring (bicyclic) bond motifs is 3. The molecule has 2 fully saturated rings. The fourth-order valence-corrected chi connectivity index (χ4v) is 6.83. The molecule has 9 heteroatoms. The van der Waals surface area contributed by atoms with E-state index < -0.39 is 23.4 Å². The van der Waals surface area contributed by atoms with Crippen molar-refractivity contribution >= 4 is 34.3 Å². The lowest BCUT2D eigenvalue weighted by molar-refractivity contribution is -0.134. The molecule has 206 valence electrons. The number of nitriles is 1. The smallest absolute Gasteiger partial charge is 0.268 e. The molecule has 3 heterocycles.